The molecule has 0 fully saturated rings. The number of rotatable bonds is 4. The van der Waals surface area contributed by atoms with E-state index in [1.165, 1.54) is 5.56 Å². The second kappa shape index (κ2) is 5.48. The van der Waals surface area contributed by atoms with Crippen molar-refractivity contribution in [1.82, 2.24) is 0 Å². The third-order valence-electron chi connectivity index (χ3n) is 1.66. The van der Waals surface area contributed by atoms with Crippen molar-refractivity contribution < 1.29 is 8.42 Å². The van der Waals surface area contributed by atoms with Crippen molar-refractivity contribution in [2.75, 3.05) is 6.54 Å². The van der Waals surface area contributed by atoms with E-state index >= 15 is 0 Å². The lowest BCUT2D eigenvalue weighted by molar-refractivity contribution is 0.619. The Labute approximate surface area is 79.1 Å². The molecule has 13 heavy (non-hydrogen) atoms. The minimum absolute atomic E-state index is 0.380. The lowest BCUT2D eigenvalue weighted by Crippen LogP contribution is -1.87. The third-order valence-corrected chi connectivity index (χ3v) is 2.06. The van der Waals surface area contributed by atoms with E-state index in [1.54, 1.807) is 0 Å². The Hall–Kier alpha value is -1.16. The normalized spacial score (nSPS) is 9.54. The van der Waals surface area contributed by atoms with Gasteiger partial charge in [-0.2, -0.15) is 12.8 Å². The van der Waals surface area contributed by atoms with E-state index in [1.807, 2.05) is 30.3 Å². The molecule has 0 aromatic heterocycles. The molecule has 0 saturated carbocycles. The van der Waals surface area contributed by atoms with E-state index in [2.05, 4.69) is 4.36 Å². The Morgan fingerprint density at radius 1 is 1.15 bits per heavy atom. The second-order valence-electron chi connectivity index (χ2n) is 2.66. The molecule has 0 saturated heterocycles. The molecule has 4 heteroatoms. The van der Waals surface area contributed by atoms with Gasteiger partial charge in [-0.1, -0.05) is 30.3 Å². The van der Waals surface area contributed by atoms with Crippen molar-refractivity contribution in [2.45, 2.75) is 12.8 Å². The predicted molar refractivity (Wildman–Crippen MR) is 51.0 cm³/mol. The van der Waals surface area contributed by atoms with Gasteiger partial charge in [0.2, 0.25) is 0 Å². The molecule has 0 atom stereocenters. The summed E-state index contributed by atoms with van der Waals surface area (Å²) in [6, 6.07) is 9.94. The molecule has 0 aliphatic rings. The summed E-state index contributed by atoms with van der Waals surface area (Å²) in [5.74, 6) is 0. The van der Waals surface area contributed by atoms with Gasteiger partial charge in [0.1, 0.15) is 0 Å². The molecular formula is C9H11NO2S. The Morgan fingerprint density at radius 3 is 2.46 bits per heavy atom. The summed E-state index contributed by atoms with van der Waals surface area (Å²) in [6.45, 7) is 0.380. The van der Waals surface area contributed by atoms with Gasteiger partial charge in [0.05, 0.1) is 6.54 Å². The molecule has 70 valence electrons. The van der Waals surface area contributed by atoms with E-state index < -0.39 is 10.5 Å². The maximum absolute atomic E-state index is 10.0. The van der Waals surface area contributed by atoms with Crippen LogP contribution in [0.5, 0.6) is 0 Å². The quantitative estimate of drug-likeness (QED) is 0.689. The zero-order valence-electron chi connectivity index (χ0n) is 7.18. The van der Waals surface area contributed by atoms with Gasteiger partial charge in [-0.05, 0) is 18.4 Å². The van der Waals surface area contributed by atoms with Crippen molar-refractivity contribution >= 4 is 10.5 Å². The van der Waals surface area contributed by atoms with Crippen LogP contribution in [0.3, 0.4) is 0 Å². The fraction of sp³-hybridized carbons (Fsp3) is 0.333. The number of hydrogen-bond donors (Lipinski definition) is 0. The molecule has 1 aromatic carbocycles. The maximum Gasteiger partial charge on any atom is 0.311 e. The van der Waals surface area contributed by atoms with Crippen LogP contribution in [-0.2, 0) is 16.9 Å². The average Bonchev–Trinajstić information content (AvgIpc) is 2.14. The first-order valence-electron chi connectivity index (χ1n) is 4.10. The van der Waals surface area contributed by atoms with Crippen molar-refractivity contribution in [2.24, 2.45) is 4.36 Å². The predicted octanol–water partition coefficient (Wildman–Crippen LogP) is 1.68. The summed E-state index contributed by atoms with van der Waals surface area (Å²) in [7, 11) is -2.25. The van der Waals surface area contributed by atoms with E-state index in [9.17, 15) is 8.42 Å². The highest BCUT2D eigenvalue weighted by molar-refractivity contribution is 7.61. The molecule has 0 amide bonds. The van der Waals surface area contributed by atoms with Crippen molar-refractivity contribution in [3.63, 3.8) is 0 Å². The summed E-state index contributed by atoms with van der Waals surface area (Å²) in [5, 5.41) is 0. The van der Waals surface area contributed by atoms with Gasteiger partial charge in [-0.15, -0.1) is 0 Å². The average molecular weight is 197 g/mol. The van der Waals surface area contributed by atoms with Crippen LogP contribution in [0.15, 0.2) is 34.7 Å². The first-order valence-corrected chi connectivity index (χ1v) is 5.13. The molecular weight excluding hydrogens is 186 g/mol. The minimum Gasteiger partial charge on any atom is -0.172 e. The zero-order valence-corrected chi connectivity index (χ0v) is 8.00. The molecule has 0 heterocycles. The van der Waals surface area contributed by atoms with Gasteiger partial charge in [0.15, 0.2) is 0 Å². The molecule has 0 aliphatic heterocycles. The van der Waals surface area contributed by atoms with Crippen LogP contribution in [0.4, 0.5) is 0 Å². The summed E-state index contributed by atoms with van der Waals surface area (Å²) < 4.78 is 23.4. The van der Waals surface area contributed by atoms with Crippen LogP contribution >= 0.6 is 0 Å². The Kier molecular flexibility index (Phi) is 4.18. The first kappa shape index (κ1) is 9.92. The van der Waals surface area contributed by atoms with E-state index in [4.69, 9.17) is 0 Å². The Balaban J connectivity index is 2.32. The van der Waals surface area contributed by atoms with E-state index in [0.717, 1.165) is 12.8 Å². The van der Waals surface area contributed by atoms with Crippen LogP contribution < -0.4 is 0 Å². The van der Waals surface area contributed by atoms with Gasteiger partial charge < -0.3 is 0 Å². The number of nitrogens with zero attached hydrogens (tertiary/aromatic N) is 1. The third kappa shape index (κ3) is 4.42. The van der Waals surface area contributed by atoms with Crippen LogP contribution in [-0.4, -0.2) is 15.0 Å². The van der Waals surface area contributed by atoms with E-state index in [-0.39, 0.29) is 0 Å². The topological polar surface area (TPSA) is 46.5 Å². The zero-order chi connectivity index (χ0) is 9.52. The molecule has 1 rings (SSSR count). The van der Waals surface area contributed by atoms with Crippen LogP contribution in [0.2, 0.25) is 0 Å². The molecule has 0 aliphatic carbocycles. The second-order valence-corrected chi connectivity index (χ2v) is 3.35. The van der Waals surface area contributed by atoms with Crippen molar-refractivity contribution in [3.05, 3.63) is 35.9 Å². The summed E-state index contributed by atoms with van der Waals surface area (Å²) in [4.78, 5) is 0. The summed E-state index contributed by atoms with van der Waals surface area (Å²) in [6.07, 6.45) is 1.65. The monoisotopic (exact) mass is 197 g/mol. The van der Waals surface area contributed by atoms with Gasteiger partial charge in [-0.25, -0.2) is 0 Å². The summed E-state index contributed by atoms with van der Waals surface area (Å²) >= 11 is 0. The molecule has 0 spiro atoms. The SMILES string of the molecule is O=S(=O)=NCCCc1ccccc1. The van der Waals surface area contributed by atoms with Crippen molar-refractivity contribution in [3.8, 4) is 0 Å². The molecule has 1 aromatic rings. The minimum atomic E-state index is -2.25. The maximum atomic E-state index is 10.0. The molecule has 0 N–H and O–H groups in total. The molecule has 0 unspecified atom stereocenters. The van der Waals surface area contributed by atoms with Gasteiger partial charge in [-0.3, -0.25) is 0 Å². The van der Waals surface area contributed by atoms with Crippen LogP contribution in [0.1, 0.15) is 12.0 Å². The standard InChI is InChI=1S/C9H11NO2S/c11-13(12)10-8-4-7-9-5-2-1-3-6-9/h1-3,5-6H,4,7-8H2. The molecule has 3 nitrogen and oxygen atoms in total. The molecule has 0 bridgehead atoms. The fourth-order valence-electron chi connectivity index (χ4n) is 1.07. The van der Waals surface area contributed by atoms with Crippen LogP contribution in [0, 0.1) is 0 Å². The first-order chi connectivity index (χ1) is 6.29. The van der Waals surface area contributed by atoms with Crippen molar-refractivity contribution in [1.29, 1.82) is 0 Å². The highest BCUT2D eigenvalue weighted by atomic mass is 32.2. The number of benzene rings is 1. The van der Waals surface area contributed by atoms with E-state index in [0.29, 0.717) is 6.54 Å². The Bertz CT molecular complexity index is 362. The lowest BCUT2D eigenvalue weighted by atomic mass is 10.1. The number of aryl methyl sites for hydroxylation is 1. The van der Waals surface area contributed by atoms with Gasteiger partial charge in [0.25, 0.3) is 0 Å². The van der Waals surface area contributed by atoms with Crippen LogP contribution in [0.25, 0.3) is 0 Å². The molecule has 0 radical (unpaired) electrons. The smallest absolute Gasteiger partial charge is 0.172 e. The summed E-state index contributed by atoms with van der Waals surface area (Å²) in [5.41, 5.74) is 1.22. The lowest BCUT2D eigenvalue weighted by Gasteiger charge is -1.96. The highest BCUT2D eigenvalue weighted by Gasteiger charge is 1.90. The fourth-order valence-corrected chi connectivity index (χ4v) is 1.35. The highest BCUT2D eigenvalue weighted by Crippen LogP contribution is 2.01. The number of hydrogen-bond acceptors (Lipinski definition) is 3. The van der Waals surface area contributed by atoms with Gasteiger partial charge >= 0.3 is 10.5 Å². The Morgan fingerprint density at radius 2 is 1.85 bits per heavy atom. The van der Waals surface area contributed by atoms with Gasteiger partial charge in [0, 0.05) is 0 Å². The largest absolute Gasteiger partial charge is 0.311 e.